The first-order chi connectivity index (χ1) is 8.04. The number of aromatic nitrogens is 2. The van der Waals surface area contributed by atoms with E-state index < -0.39 is 5.97 Å². The van der Waals surface area contributed by atoms with Gasteiger partial charge < -0.3 is 14.8 Å². The first kappa shape index (κ1) is 12.1. The monoisotopic (exact) mass is 297 g/mol. The van der Waals surface area contributed by atoms with Crippen molar-refractivity contribution in [1.29, 1.82) is 0 Å². The second-order valence-corrected chi connectivity index (χ2v) is 4.65. The highest BCUT2D eigenvalue weighted by Crippen LogP contribution is 2.21. The zero-order valence-corrected chi connectivity index (χ0v) is 11.0. The Morgan fingerprint density at radius 3 is 2.88 bits per heavy atom. The second-order valence-electron chi connectivity index (χ2n) is 3.74. The van der Waals surface area contributed by atoms with Crippen LogP contribution in [0.1, 0.15) is 29.3 Å². The first-order valence-electron chi connectivity index (χ1n) is 5.12. The fourth-order valence-corrected chi connectivity index (χ4v) is 2.01. The number of pyridine rings is 1. The third-order valence-electron chi connectivity index (χ3n) is 2.65. The lowest BCUT2D eigenvalue weighted by molar-refractivity contribution is 0.0693. The summed E-state index contributed by atoms with van der Waals surface area (Å²) >= 11 is 3.37. The Balaban J connectivity index is 2.75. The number of carbonyl (C=O) groups is 1. The molecule has 2 aromatic heterocycles. The van der Waals surface area contributed by atoms with Gasteiger partial charge in [-0.25, -0.2) is 9.78 Å². The van der Waals surface area contributed by atoms with Gasteiger partial charge in [-0.2, -0.15) is 0 Å². The molecule has 5 nitrogen and oxygen atoms in total. The molecule has 0 fully saturated rings. The van der Waals surface area contributed by atoms with Gasteiger partial charge in [0.25, 0.3) is 0 Å². The van der Waals surface area contributed by atoms with Gasteiger partial charge in [-0.15, -0.1) is 0 Å². The van der Waals surface area contributed by atoms with Crippen LogP contribution in [0.15, 0.2) is 22.8 Å². The van der Waals surface area contributed by atoms with E-state index in [0.29, 0.717) is 11.3 Å². The predicted octanol–water partition coefficient (Wildman–Crippen LogP) is 2.08. The molecule has 2 rings (SSSR count). The topological polar surface area (TPSA) is 66.6 Å². The van der Waals surface area contributed by atoms with E-state index in [1.807, 2.05) is 20.2 Å². The minimum atomic E-state index is -1.01. The van der Waals surface area contributed by atoms with Crippen molar-refractivity contribution in [1.82, 2.24) is 14.7 Å². The van der Waals surface area contributed by atoms with Crippen LogP contribution < -0.4 is 5.32 Å². The van der Waals surface area contributed by atoms with Gasteiger partial charge in [0, 0.05) is 10.7 Å². The molecular formula is C11H12BrN3O2. The van der Waals surface area contributed by atoms with E-state index >= 15 is 0 Å². The molecule has 0 spiro atoms. The maximum atomic E-state index is 11.1. The summed E-state index contributed by atoms with van der Waals surface area (Å²) < 4.78 is 2.67. The zero-order valence-electron chi connectivity index (χ0n) is 9.44. The molecule has 2 N–H and O–H groups in total. The van der Waals surface area contributed by atoms with Crippen LogP contribution in [0.25, 0.3) is 5.52 Å². The van der Waals surface area contributed by atoms with E-state index in [-0.39, 0.29) is 11.7 Å². The quantitative estimate of drug-likeness (QED) is 0.910. The molecule has 0 aromatic carbocycles. The van der Waals surface area contributed by atoms with Crippen molar-refractivity contribution in [2.24, 2.45) is 0 Å². The number of imidazole rings is 1. The van der Waals surface area contributed by atoms with Gasteiger partial charge >= 0.3 is 5.97 Å². The summed E-state index contributed by atoms with van der Waals surface area (Å²) in [6, 6.07) is 3.52. The average Bonchev–Trinajstić information content (AvgIpc) is 2.66. The highest BCUT2D eigenvalue weighted by atomic mass is 79.9. The Labute approximate surface area is 107 Å². The lowest BCUT2D eigenvalue weighted by Crippen LogP contribution is -2.15. The number of rotatable bonds is 3. The van der Waals surface area contributed by atoms with E-state index in [0.717, 1.165) is 4.47 Å². The van der Waals surface area contributed by atoms with E-state index in [2.05, 4.69) is 26.2 Å². The van der Waals surface area contributed by atoms with Crippen molar-refractivity contribution in [3.63, 3.8) is 0 Å². The molecule has 1 unspecified atom stereocenters. The predicted molar refractivity (Wildman–Crippen MR) is 67.3 cm³/mol. The Kier molecular flexibility index (Phi) is 3.17. The molecule has 2 aromatic rings. The largest absolute Gasteiger partial charge is 0.476 e. The molecule has 6 heteroatoms. The maximum absolute atomic E-state index is 11.1. The highest BCUT2D eigenvalue weighted by Gasteiger charge is 2.19. The molecule has 0 amide bonds. The fourth-order valence-electron chi connectivity index (χ4n) is 1.67. The molecule has 0 radical (unpaired) electrons. The summed E-state index contributed by atoms with van der Waals surface area (Å²) in [6.45, 7) is 1.93. The van der Waals surface area contributed by atoms with Crippen LogP contribution in [0.3, 0.4) is 0 Å². The number of hydrogen-bond donors (Lipinski definition) is 2. The highest BCUT2D eigenvalue weighted by molar-refractivity contribution is 9.10. The van der Waals surface area contributed by atoms with Crippen LogP contribution in [0, 0.1) is 0 Å². The van der Waals surface area contributed by atoms with Gasteiger partial charge in [0.2, 0.25) is 0 Å². The van der Waals surface area contributed by atoms with Crippen LogP contribution in [0.5, 0.6) is 0 Å². The molecular weight excluding hydrogens is 286 g/mol. The smallest absolute Gasteiger partial charge is 0.356 e. The van der Waals surface area contributed by atoms with Gasteiger partial charge in [0.05, 0.1) is 11.6 Å². The van der Waals surface area contributed by atoms with Gasteiger partial charge in [-0.1, -0.05) is 0 Å². The number of hydrogen-bond acceptors (Lipinski definition) is 3. The summed E-state index contributed by atoms with van der Waals surface area (Å²) in [6.07, 6.45) is 1.82. The van der Waals surface area contributed by atoms with E-state index in [4.69, 9.17) is 5.11 Å². The molecule has 0 bridgehead atoms. The Bertz CT molecular complexity index is 579. The fraction of sp³-hybridized carbons (Fsp3) is 0.273. The molecule has 1 atom stereocenters. The molecule has 90 valence electrons. The van der Waals surface area contributed by atoms with Gasteiger partial charge in [0.1, 0.15) is 5.82 Å². The molecule has 0 aliphatic heterocycles. The molecule has 0 aliphatic carbocycles. The normalized spacial score (nSPS) is 12.9. The molecule has 2 heterocycles. The van der Waals surface area contributed by atoms with Crippen molar-refractivity contribution in [2.75, 3.05) is 7.05 Å². The lowest BCUT2D eigenvalue weighted by Gasteiger charge is -2.08. The van der Waals surface area contributed by atoms with Crippen LogP contribution in [0.2, 0.25) is 0 Å². The third-order valence-corrected chi connectivity index (χ3v) is 3.12. The van der Waals surface area contributed by atoms with Crippen molar-refractivity contribution in [2.45, 2.75) is 13.0 Å². The number of aromatic carboxylic acids is 1. The van der Waals surface area contributed by atoms with Crippen molar-refractivity contribution in [3.05, 3.63) is 34.3 Å². The SMILES string of the molecule is CNC(C)c1nc(C(=O)O)c2ccc(Br)cn12. The van der Waals surface area contributed by atoms with Gasteiger partial charge in [-0.05, 0) is 42.0 Å². The number of halogens is 1. The summed E-state index contributed by atoms with van der Waals surface area (Å²) in [5, 5.41) is 12.2. The second kappa shape index (κ2) is 4.46. The van der Waals surface area contributed by atoms with Crippen LogP contribution in [-0.2, 0) is 0 Å². The van der Waals surface area contributed by atoms with E-state index in [1.54, 1.807) is 16.5 Å². The number of fused-ring (bicyclic) bond motifs is 1. The Morgan fingerprint density at radius 2 is 2.29 bits per heavy atom. The van der Waals surface area contributed by atoms with Crippen LogP contribution in [0.4, 0.5) is 0 Å². The van der Waals surface area contributed by atoms with Crippen LogP contribution >= 0.6 is 15.9 Å². The van der Waals surface area contributed by atoms with Crippen LogP contribution in [-0.4, -0.2) is 27.5 Å². The lowest BCUT2D eigenvalue weighted by atomic mass is 10.3. The summed E-state index contributed by atoms with van der Waals surface area (Å²) in [5.41, 5.74) is 0.674. The number of carboxylic acid groups (broad SMARTS) is 1. The molecule has 0 saturated heterocycles. The Morgan fingerprint density at radius 1 is 1.59 bits per heavy atom. The average molecular weight is 298 g/mol. The molecule has 0 aliphatic rings. The minimum Gasteiger partial charge on any atom is -0.476 e. The van der Waals surface area contributed by atoms with Crippen molar-refractivity contribution in [3.8, 4) is 0 Å². The standard InChI is InChI=1S/C11H12BrN3O2/c1-6(13-2)10-14-9(11(16)17)8-4-3-7(12)5-15(8)10/h3-6,13H,1-2H3,(H,16,17). The third kappa shape index (κ3) is 2.05. The van der Waals surface area contributed by atoms with Crippen molar-refractivity contribution >= 4 is 27.4 Å². The first-order valence-corrected chi connectivity index (χ1v) is 5.92. The summed E-state index contributed by atoms with van der Waals surface area (Å²) in [7, 11) is 1.81. The van der Waals surface area contributed by atoms with E-state index in [9.17, 15) is 4.79 Å². The Hall–Kier alpha value is -1.40. The van der Waals surface area contributed by atoms with Gasteiger partial charge in [0.15, 0.2) is 5.69 Å². The summed E-state index contributed by atoms with van der Waals surface area (Å²) in [4.78, 5) is 15.3. The molecule has 0 saturated carbocycles. The van der Waals surface area contributed by atoms with E-state index in [1.165, 1.54) is 0 Å². The number of nitrogens with one attached hydrogen (secondary N) is 1. The summed E-state index contributed by atoms with van der Waals surface area (Å²) in [5.74, 6) is -0.333. The zero-order chi connectivity index (χ0) is 12.6. The molecule has 17 heavy (non-hydrogen) atoms. The maximum Gasteiger partial charge on any atom is 0.356 e. The van der Waals surface area contributed by atoms with Gasteiger partial charge in [-0.3, -0.25) is 0 Å². The number of carboxylic acids is 1. The number of nitrogens with zero attached hydrogens (tertiary/aromatic N) is 2. The minimum absolute atomic E-state index is 0.0232. The van der Waals surface area contributed by atoms with Crippen molar-refractivity contribution < 1.29 is 9.90 Å².